The minimum Gasteiger partial charge on any atom is -0.495 e. The summed E-state index contributed by atoms with van der Waals surface area (Å²) in [5.41, 5.74) is 0.649. The number of hydrogen-bond donors (Lipinski definition) is 3. The van der Waals surface area contributed by atoms with Crippen molar-refractivity contribution in [1.82, 2.24) is 5.32 Å². The Labute approximate surface area is 158 Å². The molecule has 2 aromatic carbocycles. The summed E-state index contributed by atoms with van der Waals surface area (Å²) in [4.78, 5) is 22.7. The minimum atomic E-state index is -3.87. The summed E-state index contributed by atoms with van der Waals surface area (Å²) in [6, 6.07) is 12.5. The maximum Gasteiger partial charge on any atom is 0.262 e. The molecule has 0 aromatic heterocycles. The molecule has 0 aliphatic rings. The molecule has 0 saturated carbocycles. The molecule has 0 spiro atoms. The molecular weight excluding hydrogens is 370 g/mol. The molecule has 2 aromatic rings. The third-order valence-corrected chi connectivity index (χ3v) is 4.87. The van der Waals surface area contributed by atoms with Gasteiger partial charge in [0, 0.05) is 25.6 Å². The van der Waals surface area contributed by atoms with E-state index in [9.17, 15) is 18.0 Å². The number of carbonyl (C=O) groups excluding carboxylic acids is 2. The maximum atomic E-state index is 12.6. The highest BCUT2D eigenvalue weighted by Gasteiger charge is 2.17. The quantitative estimate of drug-likeness (QED) is 0.637. The first-order valence-electron chi connectivity index (χ1n) is 8.12. The number of amides is 2. The zero-order chi connectivity index (χ0) is 19.9. The van der Waals surface area contributed by atoms with E-state index in [1.165, 1.54) is 32.2 Å². The number of sulfonamides is 1. The van der Waals surface area contributed by atoms with Crippen molar-refractivity contribution in [3.63, 3.8) is 0 Å². The zero-order valence-corrected chi connectivity index (χ0v) is 15.8. The predicted octanol–water partition coefficient (Wildman–Crippen LogP) is 1.96. The second-order valence-corrected chi connectivity index (χ2v) is 7.30. The van der Waals surface area contributed by atoms with Gasteiger partial charge in [0.05, 0.1) is 17.7 Å². The fraction of sp³-hybridized carbons (Fsp3) is 0.222. The summed E-state index contributed by atoms with van der Waals surface area (Å²) in [5.74, 6) is -0.169. The van der Waals surface area contributed by atoms with E-state index in [0.717, 1.165) is 0 Å². The fourth-order valence-corrected chi connectivity index (χ4v) is 3.37. The van der Waals surface area contributed by atoms with E-state index in [4.69, 9.17) is 4.74 Å². The first-order chi connectivity index (χ1) is 12.8. The maximum absolute atomic E-state index is 12.6. The molecule has 0 saturated heterocycles. The van der Waals surface area contributed by atoms with Crippen molar-refractivity contribution >= 4 is 33.2 Å². The van der Waals surface area contributed by atoms with Crippen molar-refractivity contribution in [1.29, 1.82) is 0 Å². The van der Waals surface area contributed by atoms with E-state index < -0.39 is 10.0 Å². The summed E-state index contributed by atoms with van der Waals surface area (Å²) >= 11 is 0. The van der Waals surface area contributed by atoms with Crippen LogP contribution in [-0.2, 0) is 19.6 Å². The van der Waals surface area contributed by atoms with Crippen LogP contribution in [0.2, 0.25) is 0 Å². The molecular formula is C18H21N3O5S. The molecule has 0 heterocycles. The van der Waals surface area contributed by atoms with Crippen LogP contribution in [0.5, 0.6) is 5.75 Å². The average molecular weight is 391 g/mol. The van der Waals surface area contributed by atoms with Crippen LogP contribution in [0.25, 0.3) is 0 Å². The molecule has 0 radical (unpaired) electrons. The average Bonchev–Trinajstić information content (AvgIpc) is 2.62. The van der Waals surface area contributed by atoms with Gasteiger partial charge in [-0.25, -0.2) is 8.42 Å². The Morgan fingerprint density at radius 1 is 1.07 bits per heavy atom. The number of para-hydroxylation sites is 2. The summed E-state index contributed by atoms with van der Waals surface area (Å²) in [7, 11) is -2.42. The Balaban J connectivity index is 2.11. The van der Waals surface area contributed by atoms with Crippen molar-refractivity contribution in [2.45, 2.75) is 18.2 Å². The van der Waals surface area contributed by atoms with Gasteiger partial charge in [0.15, 0.2) is 0 Å². The van der Waals surface area contributed by atoms with E-state index in [1.54, 1.807) is 30.3 Å². The number of nitrogens with one attached hydrogen (secondary N) is 3. The summed E-state index contributed by atoms with van der Waals surface area (Å²) in [5, 5.41) is 5.13. The lowest BCUT2D eigenvalue weighted by Gasteiger charge is -2.12. The van der Waals surface area contributed by atoms with Gasteiger partial charge in [-0.1, -0.05) is 18.2 Å². The van der Waals surface area contributed by atoms with Crippen LogP contribution < -0.4 is 20.1 Å². The second kappa shape index (κ2) is 9.04. The topological polar surface area (TPSA) is 114 Å². The SMILES string of the molecule is COc1ccccc1NS(=O)(=O)c1cccc(NC(=O)CCNC(C)=O)c1. The minimum absolute atomic E-state index is 0.00642. The highest BCUT2D eigenvalue weighted by Crippen LogP contribution is 2.26. The number of rotatable bonds is 8. The second-order valence-electron chi connectivity index (χ2n) is 5.61. The van der Waals surface area contributed by atoms with Crippen molar-refractivity contribution in [2.75, 3.05) is 23.7 Å². The van der Waals surface area contributed by atoms with Crippen LogP contribution in [0.15, 0.2) is 53.4 Å². The van der Waals surface area contributed by atoms with Crippen molar-refractivity contribution in [3.8, 4) is 5.75 Å². The highest BCUT2D eigenvalue weighted by atomic mass is 32.2. The van der Waals surface area contributed by atoms with Crippen LogP contribution in [-0.4, -0.2) is 33.9 Å². The molecule has 0 atom stereocenters. The lowest BCUT2D eigenvalue weighted by molar-refractivity contribution is -0.119. The van der Waals surface area contributed by atoms with Gasteiger partial charge in [0.1, 0.15) is 5.75 Å². The number of ether oxygens (including phenoxy) is 1. The monoisotopic (exact) mass is 391 g/mol. The number of methoxy groups -OCH3 is 1. The van der Waals surface area contributed by atoms with E-state index in [0.29, 0.717) is 17.1 Å². The van der Waals surface area contributed by atoms with Crippen LogP contribution >= 0.6 is 0 Å². The largest absolute Gasteiger partial charge is 0.495 e. The molecule has 144 valence electrons. The Hall–Kier alpha value is -3.07. The smallest absolute Gasteiger partial charge is 0.262 e. The van der Waals surface area contributed by atoms with Gasteiger partial charge in [-0.15, -0.1) is 0 Å². The molecule has 0 bridgehead atoms. The van der Waals surface area contributed by atoms with E-state index >= 15 is 0 Å². The molecule has 0 fully saturated rings. The Kier molecular flexibility index (Phi) is 6.78. The Morgan fingerprint density at radius 2 is 1.81 bits per heavy atom. The number of anilines is 2. The Bertz CT molecular complexity index is 928. The van der Waals surface area contributed by atoms with Gasteiger partial charge >= 0.3 is 0 Å². The van der Waals surface area contributed by atoms with Gasteiger partial charge in [-0.3, -0.25) is 14.3 Å². The van der Waals surface area contributed by atoms with Gasteiger partial charge in [0.25, 0.3) is 10.0 Å². The normalized spacial score (nSPS) is 10.7. The fourth-order valence-electron chi connectivity index (χ4n) is 2.25. The molecule has 0 aliphatic carbocycles. The third kappa shape index (κ3) is 6.00. The first-order valence-corrected chi connectivity index (χ1v) is 9.60. The standard InChI is InChI=1S/C18H21N3O5S/c1-13(22)19-11-10-18(23)20-14-6-5-7-15(12-14)27(24,25)21-16-8-3-4-9-17(16)26-2/h3-9,12,21H,10-11H2,1-2H3,(H,19,22)(H,20,23). The Morgan fingerprint density at radius 3 is 2.52 bits per heavy atom. The van der Waals surface area contributed by atoms with Gasteiger partial charge in [-0.05, 0) is 30.3 Å². The van der Waals surface area contributed by atoms with E-state index in [-0.39, 0.29) is 29.7 Å². The third-order valence-electron chi connectivity index (χ3n) is 3.51. The van der Waals surface area contributed by atoms with Gasteiger partial charge in [-0.2, -0.15) is 0 Å². The van der Waals surface area contributed by atoms with Gasteiger partial charge < -0.3 is 15.4 Å². The molecule has 3 N–H and O–H groups in total. The first kappa shape index (κ1) is 20.2. The zero-order valence-electron chi connectivity index (χ0n) is 15.0. The number of carbonyl (C=O) groups is 2. The number of hydrogen-bond acceptors (Lipinski definition) is 5. The molecule has 2 amide bonds. The highest BCUT2D eigenvalue weighted by molar-refractivity contribution is 7.92. The summed E-state index contributed by atoms with van der Waals surface area (Å²) < 4.78 is 32.9. The van der Waals surface area contributed by atoms with E-state index in [2.05, 4.69) is 15.4 Å². The van der Waals surface area contributed by atoms with Crippen LogP contribution in [0.4, 0.5) is 11.4 Å². The van der Waals surface area contributed by atoms with Crippen molar-refractivity contribution < 1.29 is 22.7 Å². The van der Waals surface area contributed by atoms with Gasteiger partial charge in [0.2, 0.25) is 11.8 Å². The molecule has 27 heavy (non-hydrogen) atoms. The molecule has 2 rings (SSSR count). The summed E-state index contributed by atoms with van der Waals surface area (Å²) in [6.45, 7) is 1.56. The van der Waals surface area contributed by atoms with Crippen LogP contribution in [0.1, 0.15) is 13.3 Å². The van der Waals surface area contributed by atoms with Crippen LogP contribution in [0, 0.1) is 0 Å². The van der Waals surface area contributed by atoms with Crippen LogP contribution in [0.3, 0.4) is 0 Å². The predicted molar refractivity (Wildman–Crippen MR) is 102 cm³/mol. The molecule has 8 nitrogen and oxygen atoms in total. The van der Waals surface area contributed by atoms with Crippen molar-refractivity contribution in [2.24, 2.45) is 0 Å². The molecule has 0 aliphatic heterocycles. The number of benzene rings is 2. The summed E-state index contributed by atoms with van der Waals surface area (Å²) in [6.07, 6.45) is 0.0794. The molecule has 0 unspecified atom stereocenters. The molecule has 9 heteroatoms. The van der Waals surface area contributed by atoms with Crippen molar-refractivity contribution in [3.05, 3.63) is 48.5 Å². The lowest BCUT2D eigenvalue weighted by atomic mass is 10.3. The van der Waals surface area contributed by atoms with E-state index in [1.807, 2.05) is 0 Å². The lowest BCUT2D eigenvalue weighted by Crippen LogP contribution is -2.25.